The van der Waals surface area contributed by atoms with Crippen LogP contribution in [0.2, 0.25) is 0 Å². The minimum absolute atomic E-state index is 0.0204. The summed E-state index contributed by atoms with van der Waals surface area (Å²) in [6.45, 7) is 7.42. The number of hydrogen-bond donors (Lipinski definition) is 1. The molecule has 106 valence electrons. The molecule has 0 bridgehead atoms. The van der Waals surface area contributed by atoms with E-state index in [9.17, 15) is 4.79 Å². The fourth-order valence-corrected chi connectivity index (χ4v) is 2.83. The van der Waals surface area contributed by atoms with Crippen LogP contribution in [0.25, 0.3) is 0 Å². The van der Waals surface area contributed by atoms with Gasteiger partial charge in [0.1, 0.15) is 0 Å². The molecular weight excluding hydrogens is 262 g/mol. The number of carbonyl (C=O) groups excluding carboxylic acids is 1. The third kappa shape index (κ3) is 3.99. The molecule has 0 spiro atoms. The van der Waals surface area contributed by atoms with E-state index in [-0.39, 0.29) is 11.9 Å². The molecule has 0 saturated carbocycles. The maximum atomic E-state index is 12.1. The molecule has 1 aromatic heterocycles. The van der Waals surface area contributed by atoms with Gasteiger partial charge < -0.3 is 10.1 Å². The fourth-order valence-electron chi connectivity index (χ4n) is 2.30. The second-order valence-corrected chi connectivity index (χ2v) is 5.71. The van der Waals surface area contributed by atoms with Crippen molar-refractivity contribution >= 4 is 22.4 Å². The number of rotatable bonds is 6. The number of hydrogen-bond acceptors (Lipinski definition) is 5. The predicted octanol–water partition coefficient (Wildman–Crippen LogP) is 1.83. The highest BCUT2D eigenvalue weighted by atomic mass is 32.1. The second kappa shape index (κ2) is 6.98. The van der Waals surface area contributed by atoms with E-state index in [1.54, 1.807) is 6.20 Å². The van der Waals surface area contributed by atoms with Crippen LogP contribution < -0.4 is 5.32 Å². The van der Waals surface area contributed by atoms with Gasteiger partial charge in [-0.15, -0.1) is 11.3 Å². The van der Waals surface area contributed by atoms with E-state index in [1.165, 1.54) is 11.3 Å². The lowest BCUT2D eigenvalue weighted by atomic mass is 10.1. The summed E-state index contributed by atoms with van der Waals surface area (Å²) in [6.07, 6.45) is 2.80. The van der Waals surface area contributed by atoms with E-state index >= 15 is 0 Å². The molecule has 1 aliphatic heterocycles. The highest BCUT2D eigenvalue weighted by Crippen LogP contribution is 2.20. The summed E-state index contributed by atoms with van der Waals surface area (Å²) in [6, 6.07) is -0.115. The highest BCUT2D eigenvalue weighted by molar-refractivity contribution is 7.13. The number of amides is 1. The lowest BCUT2D eigenvalue weighted by Gasteiger charge is -2.23. The van der Waals surface area contributed by atoms with Crippen molar-refractivity contribution in [2.24, 2.45) is 5.92 Å². The largest absolute Gasteiger partial charge is 0.381 e. The monoisotopic (exact) mass is 283 g/mol. The highest BCUT2D eigenvalue weighted by Gasteiger charge is 2.29. The molecular formula is C13H21N3O2S. The van der Waals surface area contributed by atoms with E-state index in [0.717, 1.165) is 32.7 Å². The minimum Gasteiger partial charge on any atom is -0.381 e. The average molecular weight is 283 g/mol. The average Bonchev–Trinajstić information content (AvgIpc) is 3.06. The summed E-state index contributed by atoms with van der Waals surface area (Å²) in [7, 11) is 0. The van der Waals surface area contributed by atoms with Crippen LogP contribution in [0, 0.1) is 5.92 Å². The Hall–Kier alpha value is -0.980. The number of likely N-dealkylation sites (tertiary alicyclic amines) is 1. The summed E-state index contributed by atoms with van der Waals surface area (Å²) in [5, 5.41) is 5.38. The number of nitrogens with one attached hydrogen (secondary N) is 1. The lowest BCUT2D eigenvalue weighted by molar-refractivity contribution is -0.120. The van der Waals surface area contributed by atoms with Crippen LogP contribution in [-0.2, 0) is 9.53 Å². The Morgan fingerprint density at radius 3 is 3.26 bits per heavy atom. The molecule has 2 unspecified atom stereocenters. The Bertz CT molecular complexity index is 397. The van der Waals surface area contributed by atoms with Crippen LogP contribution in [0.15, 0.2) is 11.6 Å². The maximum absolute atomic E-state index is 12.1. The number of anilines is 1. The van der Waals surface area contributed by atoms with Gasteiger partial charge in [0.15, 0.2) is 5.13 Å². The zero-order chi connectivity index (χ0) is 13.7. The van der Waals surface area contributed by atoms with E-state index in [1.807, 2.05) is 19.2 Å². The van der Waals surface area contributed by atoms with Crippen LogP contribution in [-0.4, -0.2) is 48.1 Å². The smallest absolute Gasteiger partial charge is 0.243 e. The molecule has 1 aliphatic rings. The zero-order valence-electron chi connectivity index (χ0n) is 11.5. The van der Waals surface area contributed by atoms with Gasteiger partial charge in [-0.05, 0) is 32.7 Å². The van der Waals surface area contributed by atoms with Crippen molar-refractivity contribution in [3.63, 3.8) is 0 Å². The van der Waals surface area contributed by atoms with E-state index < -0.39 is 0 Å². The molecule has 0 aromatic carbocycles. The third-order valence-electron chi connectivity index (χ3n) is 3.46. The number of aromatic nitrogens is 1. The Morgan fingerprint density at radius 1 is 1.74 bits per heavy atom. The second-order valence-electron chi connectivity index (χ2n) is 4.81. The van der Waals surface area contributed by atoms with Gasteiger partial charge in [-0.2, -0.15) is 0 Å². The van der Waals surface area contributed by atoms with Crippen molar-refractivity contribution in [3.05, 3.63) is 11.6 Å². The van der Waals surface area contributed by atoms with Crippen molar-refractivity contribution in [1.82, 2.24) is 9.88 Å². The standard InChI is InChI=1S/C13H21N3O2S/c1-3-18-9-11-4-6-16(8-11)10(2)12(17)15-13-14-5-7-19-13/h5,7,10-11H,3-4,6,8-9H2,1-2H3,(H,14,15,17). The van der Waals surface area contributed by atoms with Crippen molar-refractivity contribution in [2.45, 2.75) is 26.3 Å². The number of thiazole rings is 1. The molecule has 2 atom stereocenters. The summed E-state index contributed by atoms with van der Waals surface area (Å²) in [5.74, 6) is 0.571. The number of carbonyl (C=O) groups is 1. The summed E-state index contributed by atoms with van der Waals surface area (Å²) in [5.41, 5.74) is 0. The van der Waals surface area contributed by atoms with Crippen LogP contribution in [0.3, 0.4) is 0 Å². The number of nitrogens with zero attached hydrogens (tertiary/aromatic N) is 2. The Labute approximate surface area is 118 Å². The molecule has 1 fully saturated rings. The van der Waals surface area contributed by atoms with Gasteiger partial charge in [-0.1, -0.05) is 0 Å². The van der Waals surface area contributed by atoms with Crippen molar-refractivity contribution in [1.29, 1.82) is 0 Å². The first-order valence-electron chi connectivity index (χ1n) is 6.72. The fraction of sp³-hybridized carbons (Fsp3) is 0.692. The Kier molecular flexibility index (Phi) is 5.30. The van der Waals surface area contributed by atoms with Crippen LogP contribution in [0.4, 0.5) is 5.13 Å². The SMILES string of the molecule is CCOCC1CCN(C(C)C(=O)Nc2nccs2)C1. The Morgan fingerprint density at radius 2 is 2.58 bits per heavy atom. The van der Waals surface area contributed by atoms with Gasteiger partial charge in [0.05, 0.1) is 12.6 Å². The van der Waals surface area contributed by atoms with Crippen molar-refractivity contribution in [2.75, 3.05) is 31.6 Å². The van der Waals surface area contributed by atoms with Gasteiger partial charge in [-0.3, -0.25) is 9.69 Å². The Balaban J connectivity index is 1.80. The van der Waals surface area contributed by atoms with Crippen molar-refractivity contribution < 1.29 is 9.53 Å². The first kappa shape index (κ1) is 14.4. The summed E-state index contributed by atoms with van der Waals surface area (Å²) in [4.78, 5) is 18.4. The van der Waals surface area contributed by atoms with Crippen LogP contribution in [0.1, 0.15) is 20.3 Å². The van der Waals surface area contributed by atoms with Gasteiger partial charge >= 0.3 is 0 Å². The molecule has 6 heteroatoms. The van der Waals surface area contributed by atoms with Gasteiger partial charge in [0, 0.05) is 24.7 Å². The molecule has 0 aliphatic carbocycles. The number of ether oxygens (including phenoxy) is 1. The molecule has 1 saturated heterocycles. The van der Waals surface area contributed by atoms with E-state index in [4.69, 9.17) is 4.74 Å². The molecule has 0 radical (unpaired) electrons. The van der Waals surface area contributed by atoms with E-state index in [0.29, 0.717) is 11.0 Å². The van der Waals surface area contributed by atoms with E-state index in [2.05, 4.69) is 15.2 Å². The molecule has 2 heterocycles. The zero-order valence-corrected chi connectivity index (χ0v) is 12.3. The topological polar surface area (TPSA) is 54.5 Å². The third-order valence-corrected chi connectivity index (χ3v) is 4.15. The van der Waals surface area contributed by atoms with Crippen LogP contribution >= 0.6 is 11.3 Å². The minimum atomic E-state index is -0.115. The molecule has 2 rings (SSSR count). The molecule has 1 amide bonds. The normalized spacial score (nSPS) is 21.5. The lowest BCUT2D eigenvalue weighted by Crippen LogP contribution is -2.40. The van der Waals surface area contributed by atoms with Gasteiger partial charge in [-0.25, -0.2) is 4.98 Å². The molecule has 19 heavy (non-hydrogen) atoms. The quantitative estimate of drug-likeness (QED) is 0.865. The van der Waals surface area contributed by atoms with Crippen LogP contribution in [0.5, 0.6) is 0 Å². The van der Waals surface area contributed by atoms with Gasteiger partial charge in [0.25, 0.3) is 0 Å². The molecule has 5 nitrogen and oxygen atoms in total. The van der Waals surface area contributed by atoms with Crippen molar-refractivity contribution in [3.8, 4) is 0 Å². The first-order chi connectivity index (χ1) is 9.20. The molecule has 1 N–H and O–H groups in total. The van der Waals surface area contributed by atoms with Gasteiger partial charge in [0.2, 0.25) is 5.91 Å². The predicted molar refractivity (Wildman–Crippen MR) is 76.4 cm³/mol. The molecule has 1 aromatic rings. The summed E-state index contributed by atoms with van der Waals surface area (Å²) < 4.78 is 5.46. The first-order valence-corrected chi connectivity index (χ1v) is 7.60. The summed E-state index contributed by atoms with van der Waals surface area (Å²) >= 11 is 1.44. The maximum Gasteiger partial charge on any atom is 0.243 e.